The predicted octanol–water partition coefficient (Wildman–Crippen LogP) is 0.851. The van der Waals surface area contributed by atoms with E-state index in [0.717, 1.165) is 26.2 Å². The molecule has 0 amide bonds. The summed E-state index contributed by atoms with van der Waals surface area (Å²) in [7, 11) is 0. The Morgan fingerprint density at radius 1 is 1.14 bits per heavy atom. The van der Waals surface area contributed by atoms with E-state index >= 15 is 0 Å². The van der Waals surface area contributed by atoms with E-state index in [2.05, 4.69) is 10.2 Å². The zero-order chi connectivity index (χ0) is 9.64. The van der Waals surface area contributed by atoms with Crippen LogP contribution in [0.15, 0.2) is 0 Å². The summed E-state index contributed by atoms with van der Waals surface area (Å²) in [5.74, 6) is 0. The van der Waals surface area contributed by atoms with Crippen LogP contribution in [0.25, 0.3) is 0 Å². The lowest BCUT2D eigenvalue weighted by atomic mass is 10.1. The summed E-state index contributed by atoms with van der Waals surface area (Å²) >= 11 is 0. The van der Waals surface area contributed by atoms with Crippen molar-refractivity contribution in [2.45, 2.75) is 31.8 Å². The Bertz CT molecular complexity index is 151. The first kappa shape index (κ1) is 10.4. The first-order chi connectivity index (χ1) is 6.95. The summed E-state index contributed by atoms with van der Waals surface area (Å²) in [6, 6.07) is 0. The summed E-state index contributed by atoms with van der Waals surface area (Å²) in [6.45, 7) is 6.92. The molecule has 2 aliphatic rings. The van der Waals surface area contributed by atoms with Crippen LogP contribution in [0.4, 0.5) is 0 Å². The Balaban J connectivity index is 1.52. The summed E-state index contributed by atoms with van der Waals surface area (Å²) in [4.78, 5) is 2.51. The largest absolute Gasteiger partial charge is 0.377 e. The van der Waals surface area contributed by atoms with E-state index in [9.17, 15) is 0 Å². The molecular weight excluding hydrogens is 176 g/mol. The van der Waals surface area contributed by atoms with Gasteiger partial charge in [-0.1, -0.05) is 0 Å². The molecule has 0 radical (unpaired) electrons. The molecule has 14 heavy (non-hydrogen) atoms. The van der Waals surface area contributed by atoms with Gasteiger partial charge in [-0.3, -0.25) is 0 Å². The molecule has 0 bridgehead atoms. The van der Waals surface area contributed by atoms with Gasteiger partial charge >= 0.3 is 0 Å². The highest BCUT2D eigenvalue weighted by Gasteiger charge is 2.15. The van der Waals surface area contributed by atoms with Crippen molar-refractivity contribution in [2.24, 2.45) is 0 Å². The summed E-state index contributed by atoms with van der Waals surface area (Å²) in [6.07, 6.45) is 5.68. The minimum atomic E-state index is 0.527. The Morgan fingerprint density at radius 2 is 1.86 bits per heavy atom. The van der Waals surface area contributed by atoms with Gasteiger partial charge < -0.3 is 15.0 Å². The number of likely N-dealkylation sites (tertiary alicyclic amines) is 1. The molecule has 0 unspecified atom stereocenters. The van der Waals surface area contributed by atoms with Gasteiger partial charge in [0.15, 0.2) is 0 Å². The van der Waals surface area contributed by atoms with Crippen molar-refractivity contribution in [1.29, 1.82) is 0 Å². The maximum atomic E-state index is 5.86. The highest BCUT2D eigenvalue weighted by molar-refractivity contribution is 4.69. The standard InChI is InChI=1S/C11H22N2O/c1-2-8-13(7-1)9-10-14-11-3-5-12-6-4-11/h11-12H,1-10H2. The van der Waals surface area contributed by atoms with Crippen LogP contribution < -0.4 is 5.32 Å². The third-order valence-electron chi connectivity index (χ3n) is 3.25. The van der Waals surface area contributed by atoms with Crippen LogP contribution in [0.3, 0.4) is 0 Å². The lowest BCUT2D eigenvalue weighted by Crippen LogP contribution is -2.34. The molecule has 2 rings (SSSR count). The average molecular weight is 198 g/mol. The molecule has 0 aliphatic carbocycles. The van der Waals surface area contributed by atoms with Gasteiger partial charge in [0.2, 0.25) is 0 Å². The predicted molar refractivity (Wildman–Crippen MR) is 57.5 cm³/mol. The van der Waals surface area contributed by atoms with Crippen LogP contribution in [0.1, 0.15) is 25.7 Å². The van der Waals surface area contributed by atoms with Gasteiger partial charge in [-0.25, -0.2) is 0 Å². The second kappa shape index (κ2) is 5.69. The molecule has 2 fully saturated rings. The number of hydrogen-bond donors (Lipinski definition) is 1. The highest BCUT2D eigenvalue weighted by Crippen LogP contribution is 2.09. The molecular formula is C11H22N2O. The summed E-state index contributed by atoms with van der Waals surface area (Å²) in [5, 5.41) is 3.36. The summed E-state index contributed by atoms with van der Waals surface area (Å²) < 4.78 is 5.86. The number of rotatable bonds is 4. The van der Waals surface area contributed by atoms with Gasteiger partial charge in [0, 0.05) is 6.54 Å². The first-order valence-corrected chi connectivity index (χ1v) is 6.00. The minimum absolute atomic E-state index is 0.527. The van der Waals surface area contributed by atoms with Gasteiger partial charge in [-0.05, 0) is 51.9 Å². The van der Waals surface area contributed by atoms with E-state index in [1.165, 1.54) is 38.8 Å². The van der Waals surface area contributed by atoms with E-state index in [1.54, 1.807) is 0 Å². The molecule has 2 aliphatic heterocycles. The maximum Gasteiger partial charge on any atom is 0.0600 e. The van der Waals surface area contributed by atoms with Crippen LogP contribution in [0, 0.1) is 0 Å². The zero-order valence-corrected chi connectivity index (χ0v) is 9.00. The fourth-order valence-electron chi connectivity index (χ4n) is 2.32. The second-order valence-corrected chi connectivity index (χ2v) is 4.37. The second-order valence-electron chi connectivity index (χ2n) is 4.37. The van der Waals surface area contributed by atoms with Crippen LogP contribution in [0.5, 0.6) is 0 Å². The first-order valence-electron chi connectivity index (χ1n) is 6.00. The van der Waals surface area contributed by atoms with Crippen LogP contribution in [-0.4, -0.2) is 50.3 Å². The van der Waals surface area contributed by atoms with E-state index < -0.39 is 0 Å². The van der Waals surface area contributed by atoms with Crippen LogP contribution >= 0.6 is 0 Å². The molecule has 1 N–H and O–H groups in total. The summed E-state index contributed by atoms with van der Waals surface area (Å²) in [5.41, 5.74) is 0. The molecule has 0 aromatic carbocycles. The minimum Gasteiger partial charge on any atom is -0.377 e. The normalized spacial score (nSPS) is 25.7. The number of piperidine rings is 1. The van der Waals surface area contributed by atoms with Crippen LogP contribution in [0.2, 0.25) is 0 Å². The lowest BCUT2D eigenvalue weighted by Gasteiger charge is -2.24. The fourth-order valence-corrected chi connectivity index (χ4v) is 2.32. The molecule has 2 saturated heterocycles. The third kappa shape index (κ3) is 3.23. The quantitative estimate of drug-likeness (QED) is 0.725. The van der Waals surface area contributed by atoms with Crippen molar-refractivity contribution in [2.75, 3.05) is 39.3 Å². The van der Waals surface area contributed by atoms with Crippen molar-refractivity contribution in [1.82, 2.24) is 10.2 Å². The van der Waals surface area contributed by atoms with E-state index in [0.29, 0.717) is 6.10 Å². The van der Waals surface area contributed by atoms with Crippen LogP contribution in [-0.2, 0) is 4.74 Å². The average Bonchev–Trinajstić information content (AvgIpc) is 2.72. The molecule has 0 aromatic heterocycles. The third-order valence-corrected chi connectivity index (χ3v) is 3.25. The van der Waals surface area contributed by atoms with Crippen molar-refractivity contribution in [3.8, 4) is 0 Å². The van der Waals surface area contributed by atoms with E-state index in [1.807, 2.05) is 0 Å². The Hall–Kier alpha value is -0.120. The monoisotopic (exact) mass is 198 g/mol. The van der Waals surface area contributed by atoms with E-state index in [4.69, 9.17) is 4.74 Å². The van der Waals surface area contributed by atoms with E-state index in [-0.39, 0.29) is 0 Å². The Kier molecular flexibility index (Phi) is 4.22. The molecule has 82 valence electrons. The van der Waals surface area contributed by atoms with Gasteiger partial charge in [0.1, 0.15) is 0 Å². The van der Waals surface area contributed by atoms with Crippen molar-refractivity contribution < 1.29 is 4.74 Å². The lowest BCUT2D eigenvalue weighted by molar-refractivity contribution is 0.0229. The molecule has 3 nitrogen and oxygen atoms in total. The topological polar surface area (TPSA) is 24.5 Å². The SMILES string of the molecule is C1CCN(CCOC2CCNCC2)C1. The Labute approximate surface area is 86.8 Å². The van der Waals surface area contributed by atoms with Crippen molar-refractivity contribution in [3.63, 3.8) is 0 Å². The highest BCUT2D eigenvalue weighted by atomic mass is 16.5. The number of hydrogen-bond acceptors (Lipinski definition) is 3. The van der Waals surface area contributed by atoms with Crippen molar-refractivity contribution in [3.05, 3.63) is 0 Å². The van der Waals surface area contributed by atoms with Gasteiger partial charge in [0.25, 0.3) is 0 Å². The van der Waals surface area contributed by atoms with Gasteiger partial charge in [-0.15, -0.1) is 0 Å². The van der Waals surface area contributed by atoms with Gasteiger partial charge in [0.05, 0.1) is 12.7 Å². The fraction of sp³-hybridized carbons (Fsp3) is 1.00. The number of nitrogens with zero attached hydrogens (tertiary/aromatic N) is 1. The maximum absolute atomic E-state index is 5.86. The zero-order valence-electron chi connectivity index (χ0n) is 9.00. The molecule has 0 spiro atoms. The molecule has 0 saturated carbocycles. The number of nitrogens with one attached hydrogen (secondary N) is 1. The molecule has 2 heterocycles. The molecule has 0 atom stereocenters. The van der Waals surface area contributed by atoms with Crippen molar-refractivity contribution >= 4 is 0 Å². The number of ether oxygens (including phenoxy) is 1. The smallest absolute Gasteiger partial charge is 0.0600 e. The van der Waals surface area contributed by atoms with Gasteiger partial charge in [-0.2, -0.15) is 0 Å². The molecule has 3 heteroatoms. The molecule has 0 aromatic rings. The Morgan fingerprint density at radius 3 is 2.57 bits per heavy atom.